The van der Waals surface area contributed by atoms with Crippen molar-refractivity contribution in [3.8, 4) is 0 Å². The van der Waals surface area contributed by atoms with Crippen LogP contribution in [0.15, 0.2) is 30.3 Å². The van der Waals surface area contributed by atoms with E-state index in [2.05, 4.69) is 10.6 Å². The number of amides is 2. The summed E-state index contributed by atoms with van der Waals surface area (Å²) in [5.74, 6) is -0.948. The number of aliphatic hydroxyl groups is 1. The van der Waals surface area contributed by atoms with Crippen LogP contribution in [-0.2, 0) is 4.79 Å². The molecule has 1 rings (SSSR count). The van der Waals surface area contributed by atoms with Crippen LogP contribution >= 0.6 is 0 Å². The third kappa shape index (κ3) is 6.76. The smallest absolute Gasteiger partial charge is 0.314 e. The molecular formula is C15H22N2O4. The maximum Gasteiger partial charge on any atom is 0.314 e. The highest BCUT2D eigenvalue weighted by Crippen LogP contribution is 2.13. The second-order valence-corrected chi connectivity index (χ2v) is 5.44. The molecule has 0 bridgehead atoms. The minimum Gasteiger partial charge on any atom is -0.481 e. The first-order valence-corrected chi connectivity index (χ1v) is 6.81. The molecule has 0 saturated heterocycles. The van der Waals surface area contributed by atoms with Gasteiger partial charge < -0.3 is 20.8 Å². The molecule has 1 aromatic rings. The van der Waals surface area contributed by atoms with Gasteiger partial charge in [-0.1, -0.05) is 37.3 Å². The molecule has 0 saturated carbocycles. The summed E-state index contributed by atoms with van der Waals surface area (Å²) in [5, 5.41) is 23.6. The number of urea groups is 1. The van der Waals surface area contributed by atoms with E-state index in [0.717, 1.165) is 5.56 Å². The van der Waals surface area contributed by atoms with E-state index in [4.69, 9.17) is 5.11 Å². The Hall–Kier alpha value is -2.08. The summed E-state index contributed by atoms with van der Waals surface area (Å²) in [4.78, 5) is 22.2. The van der Waals surface area contributed by atoms with E-state index in [1.54, 1.807) is 0 Å². The molecule has 0 aromatic heterocycles. The summed E-state index contributed by atoms with van der Waals surface area (Å²) >= 11 is 0. The molecule has 0 spiro atoms. The Morgan fingerprint density at radius 3 is 2.43 bits per heavy atom. The molecule has 0 heterocycles. The molecule has 4 N–H and O–H groups in total. The highest BCUT2D eigenvalue weighted by Gasteiger charge is 2.24. The van der Waals surface area contributed by atoms with Crippen LogP contribution in [0.3, 0.4) is 0 Å². The first-order valence-electron chi connectivity index (χ1n) is 6.81. The quantitative estimate of drug-likeness (QED) is 0.609. The van der Waals surface area contributed by atoms with Gasteiger partial charge in [0.1, 0.15) is 0 Å². The number of hydrogen-bond donors (Lipinski definition) is 4. The molecule has 0 aliphatic heterocycles. The largest absolute Gasteiger partial charge is 0.481 e. The van der Waals surface area contributed by atoms with Gasteiger partial charge in [0, 0.05) is 13.1 Å². The first-order chi connectivity index (χ1) is 9.80. The Balaban J connectivity index is 2.33. The van der Waals surface area contributed by atoms with Crippen molar-refractivity contribution >= 4 is 12.0 Å². The lowest BCUT2D eigenvalue weighted by Crippen LogP contribution is -2.46. The lowest BCUT2D eigenvalue weighted by Gasteiger charge is -2.22. The monoisotopic (exact) mass is 294 g/mol. The summed E-state index contributed by atoms with van der Waals surface area (Å²) in [7, 11) is 0. The molecule has 6 nitrogen and oxygen atoms in total. The average Bonchev–Trinajstić information content (AvgIpc) is 2.42. The fourth-order valence-corrected chi connectivity index (χ4v) is 1.87. The third-order valence-electron chi connectivity index (χ3n) is 3.10. The molecule has 2 atom stereocenters. The lowest BCUT2D eigenvalue weighted by atomic mass is 10.0. The van der Waals surface area contributed by atoms with Gasteiger partial charge in [0.05, 0.1) is 12.0 Å². The van der Waals surface area contributed by atoms with Crippen LogP contribution in [0.4, 0.5) is 4.79 Å². The predicted octanol–water partition coefficient (Wildman–Crippen LogP) is 1.31. The van der Waals surface area contributed by atoms with Crippen LogP contribution in [0.2, 0.25) is 0 Å². The Bertz CT molecular complexity index is 474. The fourth-order valence-electron chi connectivity index (χ4n) is 1.87. The summed E-state index contributed by atoms with van der Waals surface area (Å²) in [6.07, 6.45) is -0.423. The Kier molecular flexibility index (Phi) is 6.17. The number of carboxylic acid groups (broad SMARTS) is 1. The molecule has 0 aliphatic carbocycles. The van der Waals surface area contributed by atoms with Crippen LogP contribution in [0.25, 0.3) is 0 Å². The third-order valence-corrected chi connectivity index (χ3v) is 3.10. The number of hydrogen-bond acceptors (Lipinski definition) is 3. The van der Waals surface area contributed by atoms with E-state index in [9.17, 15) is 14.7 Å². The Morgan fingerprint density at radius 2 is 1.86 bits per heavy atom. The molecule has 0 aliphatic rings. The number of carbonyl (C=O) groups excluding carboxylic acids is 1. The zero-order valence-electron chi connectivity index (χ0n) is 12.3. The minimum absolute atomic E-state index is 0.120. The first kappa shape index (κ1) is 17.0. The number of benzene rings is 1. The van der Waals surface area contributed by atoms with Crippen LogP contribution in [0.5, 0.6) is 0 Å². The summed E-state index contributed by atoms with van der Waals surface area (Å²) < 4.78 is 0. The maximum atomic E-state index is 11.6. The minimum atomic E-state index is -1.46. The fraction of sp³-hybridized carbons (Fsp3) is 0.467. The highest BCUT2D eigenvalue weighted by molar-refractivity contribution is 5.74. The maximum absolute atomic E-state index is 11.6. The zero-order valence-corrected chi connectivity index (χ0v) is 12.3. The van der Waals surface area contributed by atoms with Crippen LogP contribution in [0, 0.1) is 0 Å². The number of carboxylic acids is 1. The molecule has 6 heteroatoms. The zero-order chi connectivity index (χ0) is 15.9. The number of rotatable bonds is 7. The number of nitrogens with one attached hydrogen (secondary N) is 2. The Morgan fingerprint density at radius 1 is 1.24 bits per heavy atom. The van der Waals surface area contributed by atoms with Crippen molar-refractivity contribution in [2.45, 2.75) is 31.8 Å². The van der Waals surface area contributed by atoms with Crippen molar-refractivity contribution in [2.24, 2.45) is 0 Å². The second kappa shape index (κ2) is 7.64. The van der Waals surface area contributed by atoms with E-state index >= 15 is 0 Å². The van der Waals surface area contributed by atoms with Gasteiger partial charge in [0.15, 0.2) is 0 Å². The van der Waals surface area contributed by atoms with E-state index in [0.29, 0.717) is 6.54 Å². The topological polar surface area (TPSA) is 98.7 Å². The van der Waals surface area contributed by atoms with Gasteiger partial charge in [0.2, 0.25) is 0 Å². The molecule has 2 amide bonds. The van der Waals surface area contributed by atoms with Gasteiger partial charge in [-0.05, 0) is 18.4 Å². The summed E-state index contributed by atoms with van der Waals surface area (Å²) in [6.45, 7) is 3.70. The second-order valence-electron chi connectivity index (χ2n) is 5.44. The summed E-state index contributed by atoms with van der Waals surface area (Å²) in [5.41, 5.74) is -0.343. The molecule has 21 heavy (non-hydrogen) atoms. The number of carbonyl (C=O) groups is 2. The van der Waals surface area contributed by atoms with Gasteiger partial charge in [-0.25, -0.2) is 4.79 Å². The van der Waals surface area contributed by atoms with Crippen molar-refractivity contribution in [3.05, 3.63) is 35.9 Å². The highest BCUT2D eigenvalue weighted by atomic mass is 16.4. The van der Waals surface area contributed by atoms with Gasteiger partial charge in [-0.3, -0.25) is 4.79 Å². The van der Waals surface area contributed by atoms with E-state index in [1.165, 1.54) is 6.92 Å². The average molecular weight is 294 g/mol. The molecule has 2 unspecified atom stereocenters. The predicted molar refractivity (Wildman–Crippen MR) is 79.1 cm³/mol. The Labute approximate surface area is 124 Å². The molecule has 0 fully saturated rings. The standard InChI is InChI=1S/C15H22N2O4/c1-11(12-6-4-3-5-7-12)9-16-14(20)17-10-15(2,21)8-13(18)19/h3-7,11,21H,8-10H2,1-2H3,(H,18,19)(H2,16,17,20). The molecular weight excluding hydrogens is 272 g/mol. The van der Waals surface area contributed by atoms with Crippen LogP contribution < -0.4 is 10.6 Å². The lowest BCUT2D eigenvalue weighted by molar-refractivity contribution is -0.141. The molecule has 1 aromatic carbocycles. The van der Waals surface area contributed by atoms with E-state index < -0.39 is 24.0 Å². The van der Waals surface area contributed by atoms with Crippen molar-refractivity contribution < 1.29 is 19.8 Å². The van der Waals surface area contributed by atoms with Crippen LogP contribution in [-0.4, -0.2) is 40.9 Å². The normalized spacial score (nSPS) is 14.8. The van der Waals surface area contributed by atoms with Gasteiger partial charge in [-0.2, -0.15) is 0 Å². The van der Waals surface area contributed by atoms with E-state index in [-0.39, 0.29) is 12.5 Å². The van der Waals surface area contributed by atoms with Crippen molar-refractivity contribution in [3.63, 3.8) is 0 Å². The molecule has 0 radical (unpaired) electrons. The van der Waals surface area contributed by atoms with Crippen molar-refractivity contribution in [1.82, 2.24) is 10.6 Å². The van der Waals surface area contributed by atoms with Gasteiger partial charge >= 0.3 is 12.0 Å². The molecule has 116 valence electrons. The van der Waals surface area contributed by atoms with Gasteiger partial charge in [-0.15, -0.1) is 0 Å². The van der Waals surface area contributed by atoms with Crippen molar-refractivity contribution in [2.75, 3.05) is 13.1 Å². The number of aliphatic carboxylic acids is 1. The van der Waals surface area contributed by atoms with E-state index in [1.807, 2.05) is 37.3 Å². The van der Waals surface area contributed by atoms with Crippen LogP contribution in [0.1, 0.15) is 31.7 Å². The van der Waals surface area contributed by atoms with Crippen molar-refractivity contribution in [1.29, 1.82) is 0 Å². The van der Waals surface area contributed by atoms with Gasteiger partial charge in [0.25, 0.3) is 0 Å². The summed E-state index contributed by atoms with van der Waals surface area (Å²) in [6, 6.07) is 9.36. The SMILES string of the molecule is CC(CNC(=O)NCC(C)(O)CC(=O)O)c1ccccc1.